The summed E-state index contributed by atoms with van der Waals surface area (Å²) in [6.45, 7) is 2.46. The van der Waals surface area contributed by atoms with Crippen molar-refractivity contribution < 1.29 is 5.11 Å². The molecule has 3 heteroatoms. The summed E-state index contributed by atoms with van der Waals surface area (Å²) in [5.74, 6) is 0. The van der Waals surface area contributed by atoms with Gasteiger partial charge in [0.2, 0.25) is 0 Å². The first kappa shape index (κ1) is 8.97. The number of rotatable bonds is 1. The van der Waals surface area contributed by atoms with Crippen LogP contribution >= 0.6 is 0 Å². The van der Waals surface area contributed by atoms with E-state index in [0.29, 0.717) is 6.54 Å². The van der Waals surface area contributed by atoms with Gasteiger partial charge in [0.05, 0.1) is 5.60 Å². The summed E-state index contributed by atoms with van der Waals surface area (Å²) in [5, 5.41) is 9.83. The summed E-state index contributed by atoms with van der Waals surface area (Å²) >= 11 is 0. The fraction of sp³-hybridized carbons (Fsp3) is 1.00. The highest BCUT2D eigenvalue weighted by atomic mass is 16.3. The topological polar surface area (TPSA) is 49.5 Å². The van der Waals surface area contributed by atoms with Crippen LogP contribution in [0.2, 0.25) is 0 Å². The number of hydrogen-bond donors (Lipinski definition) is 2. The van der Waals surface area contributed by atoms with Crippen LogP contribution in [0.3, 0.4) is 0 Å². The van der Waals surface area contributed by atoms with Crippen LogP contribution in [0.15, 0.2) is 0 Å². The average molecular weight is 158 g/mol. The van der Waals surface area contributed by atoms with Crippen LogP contribution in [0.4, 0.5) is 0 Å². The van der Waals surface area contributed by atoms with Gasteiger partial charge in [0.1, 0.15) is 0 Å². The monoisotopic (exact) mass is 158 g/mol. The zero-order chi connectivity index (χ0) is 8.32. The largest absolute Gasteiger partial charge is 0.389 e. The molecule has 0 aromatic carbocycles. The fourth-order valence-corrected chi connectivity index (χ4v) is 1.52. The Labute approximate surface area is 68.2 Å². The van der Waals surface area contributed by atoms with E-state index < -0.39 is 5.60 Å². The highest BCUT2D eigenvalue weighted by Gasteiger charge is 2.27. The smallest absolute Gasteiger partial charge is 0.0782 e. The van der Waals surface area contributed by atoms with Crippen LogP contribution in [0, 0.1) is 0 Å². The Bertz CT molecular complexity index is 129. The molecule has 1 atom stereocenters. The summed E-state index contributed by atoms with van der Waals surface area (Å²) in [7, 11) is 2.09. The average Bonchev–Trinajstić information content (AvgIpc) is 2.15. The van der Waals surface area contributed by atoms with Crippen LogP contribution in [0.5, 0.6) is 0 Å². The van der Waals surface area contributed by atoms with E-state index in [1.807, 2.05) is 0 Å². The van der Waals surface area contributed by atoms with Gasteiger partial charge in [-0.1, -0.05) is 0 Å². The van der Waals surface area contributed by atoms with Crippen molar-refractivity contribution in [3.05, 3.63) is 0 Å². The predicted octanol–water partition coefficient (Wildman–Crippen LogP) is -0.208. The van der Waals surface area contributed by atoms with E-state index in [1.165, 1.54) is 0 Å². The molecule has 0 aromatic rings. The highest BCUT2D eigenvalue weighted by molar-refractivity contribution is 4.83. The molecule has 3 nitrogen and oxygen atoms in total. The molecule has 0 amide bonds. The number of hydrogen-bond acceptors (Lipinski definition) is 3. The summed E-state index contributed by atoms with van der Waals surface area (Å²) in [6.07, 6.45) is 2.73. The predicted molar refractivity (Wildman–Crippen MR) is 45.4 cm³/mol. The van der Waals surface area contributed by atoms with Crippen molar-refractivity contribution in [2.75, 3.05) is 26.7 Å². The van der Waals surface area contributed by atoms with Gasteiger partial charge >= 0.3 is 0 Å². The van der Waals surface area contributed by atoms with Crippen LogP contribution in [-0.4, -0.2) is 42.3 Å². The molecule has 0 radical (unpaired) electrons. The maximum absolute atomic E-state index is 9.83. The third-order valence-electron chi connectivity index (χ3n) is 2.52. The maximum Gasteiger partial charge on any atom is 0.0782 e. The Morgan fingerprint density at radius 3 is 2.82 bits per heavy atom. The lowest BCUT2D eigenvalue weighted by Gasteiger charge is -2.24. The first-order chi connectivity index (χ1) is 5.16. The standard InChI is InChI=1S/C8H18N2O/c1-10-5-2-3-8(11,7-9)4-6-10/h11H,2-7,9H2,1H3. The molecular weight excluding hydrogens is 140 g/mol. The molecule has 1 heterocycles. The van der Waals surface area contributed by atoms with Crippen molar-refractivity contribution >= 4 is 0 Å². The molecule has 1 rings (SSSR count). The molecule has 0 aliphatic carbocycles. The lowest BCUT2D eigenvalue weighted by molar-refractivity contribution is 0.0349. The van der Waals surface area contributed by atoms with E-state index in [2.05, 4.69) is 11.9 Å². The van der Waals surface area contributed by atoms with Crippen LogP contribution in [0.1, 0.15) is 19.3 Å². The molecule has 3 N–H and O–H groups in total. The van der Waals surface area contributed by atoms with Crippen molar-refractivity contribution in [1.29, 1.82) is 0 Å². The Morgan fingerprint density at radius 2 is 2.18 bits per heavy atom. The SMILES string of the molecule is CN1CCCC(O)(CN)CC1. The van der Waals surface area contributed by atoms with Gasteiger partial charge in [0.15, 0.2) is 0 Å². The number of nitrogens with zero attached hydrogens (tertiary/aromatic N) is 1. The molecule has 66 valence electrons. The molecule has 0 saturated carbocycles. The summed E-state index contributed by atoms with van der Waals surface area (Å²) < 4.78 is 0. The zero-order valence-electron chi connectivity index (χ0n) is 7.21. The quantitative estimate of drug-likeness (QED) is 0.555. The fourth-order valence-electron chi connectivity index (χ4n) is 1.52. The second kappa shape index (κ2) is 3.52. The molecule has 1 unspecified atom stereocenters. The molecule has 11 heavy (non-hydrogen) atoms. The van der Waals surface area contributed by atoms with Crippen LogP contribution in [-0.2, 0) is 0 Å². The third kappa shape index (κ3) is 2.43. The number of likely N-dealkylation sites (tertiary alicyclic amines) is 1. The normalized spacial score (nSPS) is 35.2. The Morgan fingerprint density at radius 1 is 1.45 bits per heavy atom. The van der Waals surface area contributed by atoms with Gasteiger partial charge in [0, 0.05) is 13.1 Å². The third-order valence-corrected chi connectivity index (χ3v) is 2.52. The number of aliphatic hydroxyl groups is 1. The van der Waals surface area contributed by atoms with Gasteiger partial charge in [0.25, 0.3) is 0 Å². The van der Waals surface area contributed by atoms with E-state index in [-0.39, 0.29) is 0 Å². The van der Waals surface area contributed by atoms with Gasteiger partial charge in [-0.15, -0.1) is 0 Å². The molecule has 1 aliphatic rings. The lowest BCUT2D eigenvalue weighted by atomic mass is 9.95. The minimum absolute atomic E-state index is 0.404. The lowest BCUT2D eigenvalue weighted by Crippen LogP contribution is -2.38. The molecule has 0 spiro atoms. The molecule has 1 fully saturated rings. The van der Waals surface area contributed by atoms with Crippen LogP contribution < -0.4 is 5.73 Å². The first-order valence-electron chi connectivity index (χ1n) is 4.27. The van der Waals surface area contributed by atoms with Crippen molar-refractivity contribution in [2.45, 2.75) is 24.9 Å². The second-order valence-corrected chi connectivity index (χ2v) is 3.59. The van der Waals surface area contributed by atoms with Gasteiger partial charge in [-0.2, -0.15) is 0 Å². The molecule has 0 aromatic heterocycles. The summed E-state index contributed by atoms with van der Waals surface area (Å²) in [6, 6.07) is 0. The minimum atomic E-state index is -0.579. The van der Waals surface area contributed by atoms with Crippen LogP contribution in [0.25, 0.3) is 0 Å². The van der Waals surface area contributed by atoms with Crippen molar-refractivity contribution in [3.63, 3.8) is 0 Å². The summed E-state index contributed by atoms with van der Waals surface area (Å²) in [4.78, 5) is 2.24. The Balaban J connectivity index is 2.45. The summed E-state index contributed by atoms with van der Waals surface area (Å²) in [5.41, 5.74) is 4.91. The van der Waals surface area contributed by atoms with Gasteiger partial charge in [-0.05, 0) is 32.9 Å². The van der Waals surface area contributed by atoms with Crippen molar-refractivity contribution in [1.82, 2.24) is 4.90 Å². The molecule has 0 bridgehead atoms. The first-order valence-corrected chi connectivity index (χ1v) is 4.27. The number of nitrogens with two attached hydrogens (primary N) is 1. The van der Waals surface area contributed by atoms with Crippen molar-refractivity contribution in [2.24, 2.45) is 5.73 Å². The molecule has 1 saturated heterocycles. The van der Waals surface area contributed by atoms with E-state index in [0.717, 1.165) is 32.4 Å². The maximum atomic E-state index is 9.83. The minimum Gasteiger partial charge on any atom is -0.389 e. The van der Waals surface area contributed by atoms with Gasteiger partial charge in [-0.25, -0.2) is 0 Å². The van der Waals surface area contributed by atoms with E-state index in [1.54, 1.807) is 0 Å². The van der Waals surface area contributed by atoms with E-state index in [4.69, 9.17) is 5.73 Å². The Hall–Kier alpha value is -0.120. The zero-order valence-corrected chi connectivity index (χ0v) is 7.21. The van der Waals surface area contributed by atoms with Gasteiger partial charge < -0.3 is 15.7 Å². The van der Waals surface area contributed by atoms with Gasteiger partial charge in [-0.3, -0.25) is 0 Å². The Kier molecular flexibility index (Phi) is 2.87. The van der Waals surface area contributed by atoms with E-state index >= 15 is 0 Å². The highest BCUT2D eigenvalue weighted by Crippen LogP contribution is 2.19. The van der Waals surface area contributed by atoms with E-state index in [9.17, 15) is 5.11 Å². The van der Waals surface area contributed by atoms with Crippen molar-refractivity contribution in [3.8, 4) is 0 Å². The second-order valence-electron chi connectivity index (χ2n) is 3.59. The molecule has 1 aliphatic heterocycles. The molecular formula is C8H18N2O.